The van der Waals surface area contributed by atoms with Crippen LogP contribution in [-0.2, 0) is 6.54 Å². The van der Waals surface area contributed by atoms with Crippen LogP contribution in [0, 0.1) is 0 Å². The standard InChI is InChI=1S/C19H18N2O4/c1-4-10-20-15-12-17(25-3)16(24-2)11-14(15)18(22)21(19(20)23)13-8-6-5-7-9-13/h4-9,11-12H,1,10H2,2-3H3. The summed E-state index contributed by atoms with van der Waals surface area (Å²) in [6.07, 6.45) is 1.61. The van der Waals surface area contributed by atoms with E-state index in [1.807, 2.05) is 6.07 Å². The Labute approximate surface area is 144 Å². The zero-order valence-corrected chi connectivity index (χ0v) is 14.1. The van der Waals surface area contributed by atoms with Gasteiger partial charge in [-0.1, -0.05) is 24.3 Å². The molecular weight excluding hydrogens is 320 g/mol. The lowest BCUT2D eigenvalue weighted by atomic mass is 10.2. The molecule has 1 heterocycles. The Bertz CT molecular complexity index is 1050. The molecule has 1 aromatic heterocycles. The van der Waals surface area contributed by atoms with E-state index in [0.29, 0.717) is 28.1 Å². The average molecular weight is 338 g/mol. The van der Waals surface area contributed by atoms with Crippen LogP contribution in [0.1, 0.15) is 0 Å². The summed E-state index contributed by atoms with van der Waals surface area (Å²) >= 11 is 0. The molecule has 0 amide bonds. The summed E-state index contributed by atoms with van der Waals surface area (Å²) in [6, 6.07) is 12.0. The van der Waals surface area contributed by atoms with Crippen LogP contribution >= 0.6 is 0 Å². The molecule has 0 atom stereocenters. The van der Waals surface area contributed by atoms with Gasteiger partial charge in [-0.3, -0.25) is 9.36 Å². The Morgan fingerprint density at radius 1 is 1.04 bits per heavy atom. The molecule has 0 aliphatic rings. The van der Waals surface area contributed by atoms with E-state index in [1.54, 1.807) is 42.5 Å². The molecule has 6 nitrogen and oxygen atoms in total. The van der Waals surface area contributed by atoms with Gasteiger partial charge in [-0.05, 0) is 18.2 Å². The van der Waals surface area contributed by atoms with Crippen molar-refractivity contribution in [3.8, 4) is 17.2 Å². The van der Waals surface area contributed by atoms with Gasteiger partial charge in [0.2, 0.25) is 0 Å². The van der Waals surface area contributed by atoms with Crippen molar-refractivity contribution < 1.29 is 9.47 Å². The quantitative estimate of drug-likeness (QED) is 0.670. The first-order chi connectivity index (χ1) is 12.1. The second-order valence-corrected chi connectivity index (χ2v) is 5.38. The lowest BCUT2D eigenvalue weighted by Gasteiger charge is -2.15. The molecule has 0 saturated heterocycles. The number of benzene rings is 2. The highest BCUT2D eigenvalue weighted by molar-refractivity contribution is 5.82. The predicted octanol–water partition coefficient (Wildman–Crippen LogP) is 2.36. The Morgan fingerprint density at radius 3 is 2.28 bits per heavy atom. The maximum absolute atomic E-state index is 13.0. The summed E-state index contributed by atoms with van der Waals surface area (Å²) in [5.41, 5.74) is 0.134. The number of rotatable bonds is 5. The molecule has 0 aliphatic carbocycles. The summed E-state index contributed by atoms with van der Waals surface area (Å²) in [7, 11) is 3.00. The van der Waals surface area contributed by atoms with Crippen molar-refractivity contribution in [2.45, 2.75) is 6.54 Å². The molecule has 128 valence electrons. The van der Waals surface area contributed by atoms with E-state index in [9.17, 15) is 9.59 Å². The molecule has 2 aromatic carbocycles. The minimum Gasteiger partial charge on any atom is -0.493 e. The monoisotopic (exact) mass is 338 g/mol. The Kier molecular flexibility index (Phi) is 4.43. The first kappa shape index (κ1) is 16.6. The second-order valence-electron chi connectivity index (χ2n) is 5.38. The summed E-state index contributed by atoms with van der Waals surface area (Å²) in [5, 5.41) is 0.364. The summed E-state index contributed by atoms with van der Waals surface area (Å²) < 4.78 is 13.2. The van der Waals surface area contributed by atoms with Crippen LogP contribution in [0.2, 0.25) is 0 Å². The first-order valence-corrected chi connectivity index (χ1v) is 7.70. The number of methoxy groups -OCH3 is 2. The van der Waals surface area contributed by atoms with E-state index < -0.39 is 11.2 Å². The molecule has 0 N–H and O–H groups in total. The van der Waals surface area contributed by atoms with E-state index in [4.69, 9.17) is 9.47 Å². The Balaban J connectivity index is 2.50. The van der Waals surface area contributed by atoms with Crippen molar-refractivity contribution in [2.24, 2.45) is 0 Å². The third-order valence-corrected chi connectivity index (χ3v) is 3.97. The van der Waals surface area contributed by atoms with Crippen molar-refractivity contribution in [2.75, 3.05) is 14.2 Å². The molecule has 0 fully saturated rings. The molecule has 0 unspecified atom stereocenters. The molecule has 3 aromatic rings. The van der Waals surface area contributed by atoms with Crippen LogP contribution in [0.5, 0.6) is 11.5 Å². The molecule has 0 radical (unpaired) electrons. The van der Waals surface area contributed by atoms with Crippen LogP contribution in [0.15, 0.2) is 64.7 Å². The molecule has 0 aliphatic heterocycles. The van der Waals surface area contributed by atoms with Gasteiger partial charge in [0.15, 0.2) is 11.5 Å². The van der Waals surface area contributed by atoms with Crippen molar-refractivity contribution >= 4 is 10.9 Å². The SMILES string of the molecule is C=CCn1c(=O)n(-c2ccccc2)c(=O)c2cc(OC)c(OC)cc21. The van der Waals surface area contributed by atoms with Gasteiger partial charge in [0.05, 0.1) is 30.8 Å². The molecular formula is C19H18N2O4. The number of ether oxygens (including phenoxy) is 2. The fourth-order valence-corrected chi connectivity index (χ4v) is 2.80. The molecule has 0 bridgehead atoms. The normalized spacial score (nSPS) is 10.6. The van der Waals surface area contributed by atoms with Crippen molar-refractivity contribution in [1.82, 2.24) is 9.13 Å². The van der Waals surface area contributed by atoms with Crippen molar-refractivity contribution in [1.29, 1.82) is 0 Å². The smallest absolute Gasteiger partial charge is 0.336 e. The fraction of sp³-hybridized carbons (Fsp3) is 0.158. The van der Waals surface area contributed by atoms with Crippen LogP contribution in [0.4, 0.5) is 0 Å². The average Bonchev–Trinajstić information content (AvgIpc) is 2.65. The van der Waals surface area contributed by atoms with E-state index >= 15 is 0 Å². The molecule has 6 heteroatoms. The number of fused-ring (bicyclic) bond motifs is 1. The zero-order chi connectivity index (χ0) is 18.0. The summed E-state index contributed by atoms with van der Waals surface area (Å²) in [4.78, 5) is 26.0. The van der Waals surface area contributed by atoms with Gasteiger partial charge in [0.25, 0.3) is 5.56 Å². The fourth-order valence-electron chi connectivity index (χ4n) is 2.80. The highest BCUT2D eigenvalue weighted by Crippen LogP contribution is 2.30. The number of allylic oxidation sites excluding steroid dienone is 1. The van der Waals surface area contributed by atoms with Gasteiger partial charge >= 0.3 is 5.69 Å². The third-order valence-electron chi connectivity index (χ3n) is 3.97. The minimum absolute atomic E-state index is 0.262. The highest BCUT2D eigenvalue weighted by Gasteiger charge is 2.17. The lowest BCUT2D eigenvalue weighted by molar-refractivity contribution is 0.355. The van der Waals surface area contributed by atoms with E-state index in [0.717, 1.165) is 4.57 Å². The van der Waals surface area contributed by atoms with Crippen LogP contribution in [0.3, 0.4) is 0 Å². The molecule has 25 heavy (non-hydrogen) atoms. The molecule has 0 spiro atoms. The van der Waals surface area contributed by atoms with Crippen LogP contribution in [-0.4, -0.2) is 23.4 Å². The zero-order valence-electron chi connectivity index (χ0n) is 14.1. The second kappa shape index (κ2) is 6.68. The number of hydrogen-bond donors (Lipinski definition) is 0. The summed E-state index contributed by atoms with van der Waals surface area (Å²) in [6.45, 7) is 3.96. The van der Waals surface area contributed by atoms with Gasteiger partial charge < -0.3 is 9.47 Å². The van der Waals surface area contributed by atoms with E-state index in [2.05, 4.69) is 6.58 Å². The largest absolute Gasteiger partial charge is 0.493 e. The number of para-hydroxylation sites is 1. The van der Waals surface area contributed by atoms with Crippen LogP contribution < -0.4 is 20.7 Å². The van der Waals surface area contributed by atoms with Crippen molar-refractivity contribution in [3.05, 3.63) is 76.0 Å². The highest BCUT2D eigenvalue weighted by atomic mass is 16.5. The number of nitrogens with zero attached hydrogens (tertiary/aromatic N) is 2. The molecule has 0 saturated carbocycles. The van der Waals surface area contributed by atoms with Crippen LogP contribution in [0.25, 0.3) is 16.6 Å². The third kappa shape index (κ3) is 2.71. The number of hydrogen-bond acceptors (Lipinski definition) is 4. The lowest BCUT2D eigenvalue weighted by Crippen LogP contribution is -2.38. The van der Waals surface area contributed by atoms with Gasteiger partial charge in [-0.15, -0.1) is 6.58 Å². The summed E-state index contributed by atoms with van der Waals surface area (Å²) in [5.74, 6) is 0.875. The van der Waals surface area contributed by atoms with E-state index in [-0.39, 0.29) is 6.54 Å². The number of aromatic nitrogens is 2. The van der Waals surface area contributed by atoms with Gasteiger partial charge in [0.1, 0.15) is 0 Å². The topological polar surface area (TPSA) is 62.5 Å². The maximum atomic E-state index is 13.0. The van der Waals surface area contributed by atoms with Crippen molar-refractivity contribution in [3.63, 3.8) is 0 Å². The maximum Gasteiger partial charge on any atom is 0.336 e. The van der Waals surface area contributed by atoms with E-state index in [1.165, 1.54) is 18.8 Å². The van der Waals surface area contributed by atoms with Gasteiger partial charge in [-0.25, -0.2) is 9.36 Å². The first-order valence-electron chi connectivity index (χ1n) is 7.70. The minimum atomic E-state index is -0.434. The molecule has 3 rings (SSSR count). The Hall–Kier alpha value is -3.28. The Morgan fingerprint density at radius 2 is 1.68 bits per heavy atom. The van der Waals surface area contributed by atoms with Gasteiger partial charge in [-0.2, -0.15) is 0 Å². The van der Waals surface area contributed by atoms with Gasteiger partial charge in [0, 0.05) is 12.6 Å². The predicted molar refractivity (Wildman–Crippen MR) is 97.1 cm³/mol.